The molecule has 1 fully saturated rings. The number of phenols is 1. The Kier molecular flexibility index (Phi) is 5.37. The molecule has 3 rings (SSSR count). The molecule has 1 aliphatic rings. The standard InChI is InChI=1S/C20H22N4O2/c1-14(17-3-2-4-18(25)11-17)23-20(26)16-7-9-24(10-8-16)19-6-5-15(12-21)13-22-19/h2-6,11,13-14,16,25H,7-10H2,1H3,(H,23,26). The zero-order valence-electron chi connectivity index (χ0n) is 14.7. The van der Waals surface area contributed by atoms with E-state index in [0.29, 0.717) is 5.56 Å². The topological polar surface area (TPSA) is 89.3 Å². The van der Waals surface area contributed by atoms with Crippen LogP contribution in [0, 0.1) is 17.2 Å². The van der Waals surface area contributed by atoms with Gasteiger partial charge in [-0.25, -0.2) is 4.98 Å². The Morgan fingerprint density at radius 1 is 1.35 bits per heavy atom. The molecule has 1 amide bonds. The first-order valence-corrected chi connectivity index (χ1v) is 8.77. The van der Waals surface area contributed by atoms with Gasteiger partial charge in [-0.1, -0.05) is 12.1 Å². The van der Waals surface area contributed by atoms with Gasteiger partial charge in [0.2, 0.25) is 5.91 Å². The Hall–Kier alpha value is -3.07. The summed E-state index contributed by atoms with van der Waals surface area (Å²) >= 11 is 0. The zero-order chi connectivity index (χ0) is 18.5. The summed E-state index contributed by atoms with van der Waals surface area (Å²) in [7, 11) is 0. The number of nitrogens with one attached hydrogen (secondary N) is 1. The molecule has 1 saturated heterocycles. The van der Waals surface area contributed by atoms with E-state index in [4.69, 9.17) is 5.26 Å². The van der Waals surface area contributed by atoms with Crippen molar-refractivity contribution in [1.82, 2.24) is 10.3 Å². The summed E-state index contributed by atoms with van der Waals surface area (Å²) in [6.07, 6.45) is 3.10. The summed E-state index contributed by atoms with van der Waals surface area (Å²) in [5.41, 5.74) is 1.43. The van der Waals surface area contributed by atoms with Crippen LogP contribution in [0.2, 0.25) is 0 Å². The molecule has 6 heteroatoms. The van der Waals surface area contributed by atoms with Crippen LogP contribution in [0.5, 0.6) is 5.75 Å². The molecule has 2 aromatic rings. The fraction of sp³-hybridized carbons (Fsp3) is 0.350. The third kappa shape index (κ3) is 4.12. The number of piperidine rings is 1. The average molecular weight is 350 g/mol. The number of anilines is 1. The predicted octanol–water partition coefficient (Wildman–Crippen LogP) is 2.75. The maximum atomic E-state index is 12.5. The summed E-state index contributed by atoms with van der Waals surface area (Å²) in [5, 5.41) is 21.5. The number of pyridine rings is 1. The van der Waals surface area contributed by atoms with Gasteiger partial charge in [0.05, 0.1) is 11.6 Å². The first-order chi connectivity index (χ1) is 12.6. The van der Waals surface area contributed by atoms with Crippen molar-refractivity contribution in [3.8, 4) is 11.8 Å². The Labute approximate surface area is 153 Å². The lowest BCUT2D eigenvalue weighted by Gasteiger charge is -2.32. The minimum absolute atomic E-state index is 0.0237. The average Bonchev–Trinajstić information content (AvgIpc) is 2.68. The highest BCUT2D eigenvalue weighted by atomic mass is 16.3. The van der Waals surface area contributed by atoms with E-state index in [0.717, 1.165) is 37.3 Å². The van der Waals surface area contributed by atoms with E-state index in [1.165, 1.54) is 0 Å². The van der Waals surface area contributed by atoms with E-state index < -0.39 is 0 Å². The highest BCUT2D eigenvalue weighted by molar-refractivity contribution is 5.79. The van der Waals surface area contributed by atoms with Gasteiger partial charge in [0.15, 0.2) is 0 Å². The maximum absolute atomic E-state index is 12.5. The van der Waals surface area contributed by atoms with Crippen LogP contribution in [0.25, 0.3) is 0 Å². The quantitative estimate of drug-likeness (QED) is 0.885. The van der Waals surface area contributed by atoms with E-state index in [2.05, 4.69) is 21.3 Å². The minimum atomic E-state index is -0.146. The monoisotopic (exact) mass is 350 g/mol. The van der Waals surface area contributed by atoms with Crippen LogP contribution in [-0.2, 0) is 4.79 Å². The third-order valence-electron chi connectivity index (χ3n) is 4.80. The number of carbonyl (C=O) groups excluding carboxylic acids is 1. The molecule has 134 valence electrons. The van der Waals surface area contributed by atoms with E-state index in [1.807, 2.05) is 19.1 Å². The molecule has 1 atom stereocenters. The van der Waals surface area contributed by atoms with Crippen molar-refractivity contribution in [2.75, 3.05) is 18.0 Å². The highest BCUT2D eigenvalue weighted by Crippen LogP contribution is 2.24. The maximum Gasteiger partial charge on any atom is 0.223 e. The third-order valence-corrected chi connectivity index (χ3v) is 4.80. The number of nitriles is 1. The molecule has 1 unspecified atom stereocenters. The molecule has 0 aliphatic carbocycles. The fourth-order valence-electron chi connectivity index (χ4n) is 3.22. The van der Waals surface area contributed by atoms with Crippen LogP contribution in [0.4, 0.5) is 5.82 Å². The summed E-state index contributed by atoms with van der Waals surface area (Å²) in [5.74, 6) is 1.07. The first-order valence-electron chi connectivity index (χ1n) is 8.77. The zero-order valence-corrected chi connectivity index (χ0v) is 14.7. The number of carbonyl (C=O) groups is 1. The second-order valence-corrected chi connectivity index (χ2v) is 6.60. The molecule has 0 saturated carbocycles. The van der Waals surface area contributed by atoms with Crippen LogP contribution >= 0.6 is 0 Å². The Bertz CT molecular complexity index is 805. The van der Waals surface area contributed by atoms with Gasteiger partial charge in [-0.2, -0.15) is 5.26 Å². The molecular formula is C20H22N4O2. The molecule has 1 aromatic heterocycles. The van der Waals surface area contributed by atoms with E-state index >= 15 is 0 Å². The van der Waals surface area contributed by atoms with Crippen molar-refractivity contribution in [2.24, 2.45) is 5.92 Å². The van der Waals surface area contributed by atoms with Crippen molar-refractivity contribution in [3.05, 3.63) is 53.7 Å². The largest absolute Gasteiger partial charge is 0.508 e. The predicted molar refractivity (Wildman–Crippen MR) is 98.6 cm³/mol. The highest BCUT2D eigenvalue weighted by Gasteiger charge is 2.26. The van der Waals surface area contributed by atoms with Crippen LogP contribution in [-0.4, -0.2) is 29.1 Å². The second kappa shape index (κ2) is 7.87. The lowest BCUT2D eigenvalue weighted by molar-refractivity contribution is -0.126. The normalized spacial score (nSPS) is 15.9. The van der Waals surface area contributed by atoms with Crippen molar-refractivity contribution in [2.45, 2.75) is 25.8 Å². The Balaban J connectivity index is 1.54. The summed E-state index contributed by atoms with van der Waals surface area (Å²) in [6, 6.07) is 12.5. The summed E-state index contributed by atoms with van der Waals surface area (Å²) in [6.45, 7) is 3.44. The molecule has 26 heavy (non-hydrogen) atoms. The number of hydrogen-bond acceptors (Lipinski definition) is 5. The van der Waals surface area contributed by atoms with Gasteiger partial charge in [-0.05, 0) is 49.6 Å². The molecule has 1 aromatic carbocycles. The number of nitrogens with zero attached hydrogens (tertiary/aromatic N) is 3. The van der Waals surface area contributed by atoms with Gasteiger partial charge in [0.25, 0.3) is 0 Å². The van der Waals surface area contributed by atoms with E-state index in [-0.39, 0.29) is 23.6 Å². The fourth-order valence-corrected chi connectivity index (χ4v) is 3.22. The van der Waals surface area contributed by atoms with Gasteiger partial charge in [-0.3, -0.25) is 4.79 Å². The molecule has 0 spiro atoms. The van der Waals surface area contributed by atoms with Gasteiger partial charge in [0, 0.05) is 25.2 Å². The number of hydrogen-bond donors (Lipinski definition) is 2. The van der Waals surface area contributed by atoms with Crippen LogP contribution in [0.1, 0.15) is 36.9 Å². The molecule has 0 radical (unpaired) electrons. The van der Waals surface area contributed by atoms with Crippen LogP contribution in [0.15, 0.2) is 42.6 Å². The van der Waals surface area contributed by atoms with Crippen molar-refractivity contribution in [1.29, 1.82) is 5.26 Å². The SMILES string of the molecule is CC(NC(=O)C1CCN(c2ccc(C#N)cn2)CC1)c1cccc(O)c1. The first kappa shape index (κ1) is 17.7. The molecular weight excluding hydrogens is 328 g/mol. The van der Waals surface area contributed by atoms with Gasteiger partial charge < -0.3 is 15.3 Å². The second-order valence-electron chi connectivity index (χ2n) is 6.60. The summed E-state index contributed by atoms with van der Waals surface area (Å²) in [4.78, 5) is 19.0. The van der Waals surface area contributed by atoms with Crippen molar-refractivity contribution < 1.29 is 9.90 Å². The van der Waals surface area contributed by atoms with Crippen molar-refractivity contribution >= 4 is 11.7 Å². The van der Waals surface area contributed by atoms with Gasteiger partial charge >= 0.3 is 0 Å². The molecule has 2 heterocycles. The Morgan fingerprint density at radius 2 is 2.12 bits per heavy atom. The Morgan fingerprint density at radius 3 is 2.73 bits per heavy atom. The number of benzene rings is 1. The van der Waals surface area contributed by atoms with Gasteiger partial charge in [-0.15, -0.1) is 0 Å². The number of phenolic OH excluding ortho intramolecular Hbond substituents is 1. The van der Waals surface area contributed by atoms with E-state index in [1.54, 1.807) is 30.5 Å². The van der Waals surface area contributed by atoms with Crippen molar-refractivity contribution in [3.63, 3.8) is 0 Å². The lowest BCUT2D eigenvalue weighted by Crippen LogP contribution is -2.41. The molecule has 2 N–H and O–H groups in total. The van der Waals surface area contributed by atoms with Crippen LogP contribution < -0.4 is 10.2 Å². The number of aromatic nitrogens is 1. The molecule has 6 nitrogen and oxygen atoms in total. The lowest BCUT2D eigenvalue weighted by atomic mass is 9.95. The smallest absolute Gasteiger partial charge is 0.223 e. The molecule has 1 aliphatic heterocycles. The van der Waals surface area contributed by atoms with Gasteiger partial charge in [0.1, 0.15) is 17.6 Å². The number of rotatable bonds is 4. The summed E-state index contributed by atoms with van der Waals surface area (Å²) < 4.78 is 0. The number of aromatic hydroxyl groups is 1. The minimum Gasteiger partial charge on any atom is -0.508 e. The number of amides is 1. The van der Waals surface area contributed by atoms with Crippen LogP contribution in [0.3, 0.4) is 0 Å². The molecule has 0 bridgehead atoms. The van der Waals surface area contributed by atoms with E-state index in [9.17, 15) is 9.90 Å².